The molecule has 0 fully saturated rings. The van der Waals surface area contributed by atoms with E-state index < -0.39 is 0 Å². The molecule has 0 spiro atoms. The van der Waals surface area contributed by atoms with E-state index in [4.69, 9.17) is 4.74 Å². The normalized spacial score (nSPS) is 10.7. The van der Waals surface area contributed by atoms with Gasteiger partial charge in [-0.05, 0) is 44.0 Å². The van der Waals surface area contributed by atoms with Crippen molar-refractivity contribution in [2.75, 3.05) is 19.4 Å². The van der Waals surface area contributed by atoms with Crippen molar-refractivity contribution < 1.29 is 9.53 Å². The van der Waals surface area contributed by atoms with Crippen LogP contribution < -0.4 is 10.1 Å². The molecule has 0 aliphatic carbocycles. The molecule has 28 heavy (non-hydrogen) atoms. The van der Waals surface area contributed by atoms with Crippen molar-refractivity contribution in [1.82, 2.24) is 20.5 Å². The van der Waals surface area contributed by atoms with Crippen LogP contribution in [0.3, 0.4) is 0 Å². The summed E-state index contributed by atoms with van der Waals surface area (Å²) in [5.74, 6) is 1.12. The lowest BCUT2D eigenvalue weighted by Crippen LogP contribution is -2.27. The van der Waals surface area contributed by atoms with Crippen LogP contribution >= 0.6 is 23.1 Å². The largest absolute Gasteiger partial charge is 0.496 e. The number of hydrogen-bond donors (Lipinski definition) is 1. The second-order valence-electron chi connectivity index (χ2n) is 6.10. The number of nitrogens with one attached hydrogen (secondary N) is 1. The van der Waals surface area contributed by atoms with Crippen LogP contribution in [-0.2, 0) is 11.2 Å². The summed E-state index contributed by atoms with van der Waals surface area (Å²) >= 11 is 2.98. The molecular weight excluding hydrogens is 392 g/mol. The molecule has 3 aromatic rings. The molecule has 0 radical (unpaired) electrons. The molecule has 3 rings (SSSR count). The predicted octanol–water partition coefficient (Wildman–Crippen LogP) is 3.68. The number of thiazole rings is 1. The van der Waals surface area contributed by atoms with Crippen LogP contribution in [-0.4, -0.2) is 40.5 Å². The first-order chi connectivity index (χ1) is 13.6. The number of aromatic nitrogens is 3. The van der Waals surface area contributed by atoms with Gasteiger partial charge in [-0.1, -0.05) is 30.0 Å². The van der Waals surface area contributed by atoms with Gasteiger partial charge in [-0.25, -0.2) is 4.98 Å². The topological polar surface area (TPSA) is 77.0 Å². The molecule has 1 amide bonds. The van der Waals surface area contributed by atoms with Crippen LogP contribution in [0.1, 0.15) is 16.3 Å². The van der Waals surface area contributed by atoms with Crippen molar-refractivity contribution in [2.24, 2.45) is 0 Å². The van der Waals surface area contributed by atoms with Crippen LogP contribution in [0, 0.1) is 13.8 Å². The summed E-state index contributed by atoms with van der Waals surface area (Å²) in [4.78, 5) is 17.5. The molecule has 0 saturated carbocycles. The minimum Gasteiger partial charge on any atom is -0.496 e. The zero-order chi connectivity index (χ0) is 19.9. The van der Waals surface area contributed by atoms with Crippen molar-refractivity contribution in [3.05, 3.63) is 52.7 Å². The van der Waals surface area contributed by atoms with Crippen molar-refractivity contribution in [3.8, 4) is 16.3 Å². The smallest absolute Gasteiger partial charge is 0.230 e. The number of rotatable bonds is 8. The van der Waals surface area contributed by atoms with Gasteiger partial charge in [0.1, 0.15) is 16.5 Å². The van der Waals surface area contributed by atoms with E-state index in [1.54, 1.807) is 18.4 Å². The van der Waals surface area contributed by atoms with Gasteiger partial charge in [0.05, 0.1) is 28.4 Å². The third-order valence-corrected chi connectivity index (χ3v) is 6.05. The first kappa shape index (κ1) is 20.3. The van der Waals surface area contributed by atoms with E-state index in [2.05, 4.69) is 20.5 Å². The molecule has 8 heteroatoms. The fraction of sp³-hybridized carbons (Fsp3) is 0.300. The standard InChI is InChI=1S/C20H22N4O2S2/c1-13-20(28-14(2)22-13)16-8-9-19(24-23-16)27-12-18(25)21-11-10-15-6-4-5-7-17(15)26-3/h4-9H,10-12H2,1-3H3,(H,21,25). The van der Waals surface area contributed by atoms with Gasteiger partial charge in [-0.2, -0.15) is 0 Å². The number of methoxy groups -OCH3 is 1. The Balaban J connectivity index is 1.46. The highest BCUT2D eigenvalue weighted by molar-refractivity contribution is 7.99. The number of aryl methyl sites for hydroxylation is 2. The Morgan fingerprint density at radius 1 is 1.18 bits per heavy atom. The third-order valence-electron chi connectivity index (χ3n) is 4.04. The van der Waals surface area contributed by atoms with Crippen LogP contribution in [0.25, 0.3) is 10.6 Å². The highest BCUT2D eigenvalue weighted by Crippen LogP contribution is 2.28. The number of carbonyl (C=O) groups excluding carboxylic acids is 1. The van der Waals surface area contributed by atoms with E-state index >= 15 is 0 Å². The van der Waals surface area contributed by atoms with Crippen LogP contribution in [0.2, 0.25) is 0 Å². The monoisotopic (exact) mass is 414 g/mol. The van der Waals surface area contributed by atoms with Gasteiger partial charge in [0.15, 0.2) is 0 Å². The Morgan fingerprint density at radius 2 is 2.00 bits per heavy atom. The Bertz CT molecular complexity index is 942. The summed E-state index contributed by atoms with van der Waals surface area (Å²) in [5, 5.41) is 13.2. The fourth-order valence-electron chi connectivity index (χ4n) is 2.72. The SMILES string of the molecule is COc1ccccc1CCNC(=O)CSc1ccc(-c2sc(C)nc2C)nn1. The highest BCUT2D eigenvalue weighted by atomic mass is 32.2. The van der Waals surface area contributed by atoms with Gasteiger partial charge >= 0.3 is 0 Å². The summed E-state index contributed by atoms with van der Waals surface area (Å²) in [6.07, 6.45) is 0.725. The first-order valence-corrected chi connectivity index (χ1v) is 10.7. The number of ether oxygens (including phenoxy) is 1. The van der Waals surface area contributed by atoms with Crippen LogP contribution in [0.15, 0.2) is 41.4 Å². The Hall–Kier alpha value is -2.45. The molecule has 146 valence electrons. The lowest BCUT2D eigenvalue weighted by atomic mass is 10.1. The molecule has 2 heterocycles. The highest BCUT2D eigenvalue weighted by Gasteiger charge is 2.10. The Kier molecular flexibility index (Phi) is 7.00. The molecule has 6 nitrogen and oxygen atoms in total. The van der Waals surface area contributed by atoms with Crippen molar-refractivity contribution in [2.45, 2.75) is 25.3 Å². The average molecular weight is 415 g/mol. The molecule has 1 N–H and O–H groups in total. The van der Waals surface area contributed by atoms with Gasteiger partial charge in [0.2, 0.25) is 5.91 Å². The molecule has 0 aliphatic rings. The number of hydrogen-bond acceptors (Lipinski definition) is 7. The minimum absolute atomic E-state index is 0.0281. The van der Waals surface area contributed by atoms with Crippen LogP contribution in [0.4, 0.5) is 0 Å². The fourth-order valence-corrected chi connectivity index (χ4v) is 4.25. The molecule has 0 unspecified atom stereocenters. The van der Waals surface area contributed by atoms with Crippen molar-refractivity contribution in [3.63, 3.8) is 0 Å². The van der Waals surface area contributed by atoms with E-state index in [0.29, 0.717) is 12.3 Å². The maximum atomic E-state index is 12.1. The van der Waals surface area contributed by atoms with E-state index in [-0.39, 0.29) is 5.91 Å². The maximum Gasteiger partial charge on any atom is 0.230 e. The third kappa shape index (κ3) is 5.30. The number of thioether (sulfide) groups is 1. The van der Waals surface area contributed by atoms with E-state index in [0.717, 1.165) is 44.0 Å². The van der Waals surface area contributed by atoms with Crippen molar-refractivity contribution in [1.29, 1.82) is 0 Å². The molecule has 0 bridgehead atoms. The predicted molar refractivity (Wildman–Crippen MR) is 113 cm³/mol. The average Bonchev–Trinajstić information content (AvgIpc) is 3.05. The zero-order valence-corrected chi connectivity index (χ0v) is 17.7. The molecule has 2 aromatic heterocycles. The summed E-state index contributed by atoms with van der Waals surface area (Å²) in [6, 6.07) is 11.6. The van der Waals surface area contributed by atoms with Gasteiger partial charge in [-0.3, -0.25) is 4.79 Å². The molecule has 0 saturated heterocycles. The molecule has 1 aromatic carbocycles. The summed E-state index contributed by atoms with van der Waals surface area (Å²) in [6.45, 7) is 4.51. The second kappa shape index (κ2) is 9.66. The molecular formula is C20H22N4O2S2. The second-order valence-corrected chi connectivity index (χ2v) is 8.30. The quantitative estimate of drug-likeness (QED) is 0.567. The lowest BCUT2D eigenvalue weighted by Gasteiger charge is -2.09. The minimum atomic E-state index is -0.0281. The van der Waals surface area contributed by atoms with Crippen LogP contribution in [0.5, 0.6) is 5.75 Å². The summed E-state index contributed by atoms with van der Waals surface area (Å²) in [7, 11) is 1.65. The Labute approximate surface area is 172 Å². The number of carbonyl (C=O) groups is 1. The molecule has 0 aliphatic heterocycles. The van der Waals surface area contributed by atoms with Gasteiger partial charge in [0.25, 0.3) is 0 Å². The lowest BCUT2D eigenvalue weighted by molar-refractivity contribution is -0.118. The van der Waals surface area contributed by atoms with Gasteiger partial charge < -0.3 is 10.1 Å². The molecule has 0 atom stereocenters. The number of para-hydroxylation sites is 1. The van der Waals surface area contributed by atoms with Gasteiger partial charge in [-0.15, -0.1) is 21.5 Å². The first-order valence-electron chi connectivity index (χ1n) is 8.86. The number of benzene rings is 1. The zero-order valence-electron chi connectivity index (χ0n) is 16.1. The van der Waals surface area contributed by atoms with E-state index in [9.17, 15) is 4.79 Å². The number of amides is 1. The van der Waals surface area contributed by atoms with E-state index in [1.807, 2.05) is 50.2 Å². The summed E-state index contributed by atoms with van der Waals surface area (Å²) in [5.41, 5.74) is 2.85. The van der Waals surface area contributed by atoms with E-state index in [1.165, 1.54) is 11.8 Å². The summed E-state index contributed by atoms with van der Waals surface area (Å²) < 4.78 is 5.32. The van der Waals surface area contributed by atoms with Gasteiger partial charge in [0, 0.05) is 6.54 Å². The Morgan fingerprint density at radius 3 is 2.68 bits per heavy atom. The number of nitrogens with zero attached hydrogens (tertiary/aromatic N) is 3. The maximum absolute atomic E-state index is 12.1. The van der Waals surface area contributed by atoms with Crippen molar-refractivity contribution >= 4 is 29.0 Å².